The van der Waals surface area contributed by atoms with E-state index in [4.69, 9.17) is 4.74 Å². The van der Waals surface area contributed by atoms with Crippen molar-refractivity contribution in [2.24, 2.45) is 0 Å². The molecule has 0 fully saturated rings. The van der Waals surface area contributed by atoms with Gasteiger partial charge in [-0.2, -0.15) is 4.52 Å². The summed E-state index contributed by atoms with van der Waals surface area (Å²) in [6.07, 6.45) is 0.586. The second-order valence-corrected chi connectivity index (χ2v) is 5.48. The molecule has 0 saturated carbocycles. The first kappa shape index (κ1) is 16.8. The van der Waals surface area contributed by atoms with E-state index in [1.165, 1.54) is 7.11 Å². The van der Waals surface area contributed by atoms with Gasteiger partial charge in [-0.05, 0) is 11.6 Å². The number of benzene rings is 1. The minimum absolute atomic E-state index is 0.164. The van der Waals surface area contributed by atoms with Crippen LogP contribution in [0.2, 0.25) is 0 Å². The van der Waals surface area contributed by atoms with Gasteiger partial charge in [-0.25, -0.2) is 0 Å². The number of aliphatic hydroxyl groups is 1. The number of amides is 1. The van der Waals surface area contributed by atoms with Crippen LogP contribution >= 0.6 is 0 Å². The molecule has 8 nitrogen and oxygen atoms in total. The summed E-state index contributed by atoms with van der Waals surface area (Å²) in [5, 5.41) is 24.7. The molecule has 130 valence electrons. The van der Waals surface area contributed by atoms with Crippen LogP contribution in [-0.4, -0.2) is 44.5 Å². The molecule has 2 heterocycles. The van der Waals surface area contributed by atoms with E-state index in [1.807, 2.05) is 30.3 Å². The third-order valence-electron chi connectivity index (χ3n) is 3.81. The summed E-state index contributed by atoms with van der Waals surface area (Å²) in [5.41, 5.74) is 1.45. The van der Waals surface area contributed by atoms with Crippen molar-refractivity contribution < 1.29 is 14.6 Å². The number of aliphatic hydroxyl groups excluding tert-OH is 1. The lowest BCUT2D eigenvalue weighted by Gasteiger charge is -2.16. The van der Waals surface area contributed by atoms with Crippen LogP contribution in [0.1, 0.15) is 23.9 Å². The lowest BCUT2D eigenvalue weighted by molar-refractivity contribution is -0.122. The molecule has 3 aromatic rings. The molecule has 3 rings (SSSR count). The Balaban J connectivity index is 1.64. The van der Waals surface area contributed by atoms with Crippen molar-refractivity contribution >= 4 is 11.6 Å². The molecule has 0 aliphatic carbocycles. The Bertz CT molecular complexity index is 850. The molecule has 2 aromatic heterocycles. The first-order chi connectivity index (χ1) is 12.2. The first-order valence-corrected chi connectivity index (χ1v) is 7.91. The predicted octanol–water partition coefficient (Wildman–Crippen LogP) is 0.915. The van der Waals surface area contributed by atoms with E-state index < -0.39 is 6.04 Å². The third-order valence-corrected chi connectivity index (χ3v) is 3.81. The highest BCUT2D eigenvalue weighted by molar-refractivity contribution is 5.76. The molecule has 0 aliphatic heterocycles. The van der Waals surface area contributed by atoms with Crippen LogP contribution in [0.15, 0.2) is 42.5 Å². The van der Waals surface area contributed by atoms with E-state index in [0.29, 0.717) is 23.8 Å². The zero-order valence-corrected chi connectivity index (χ0v) is 13.8. The van der Waals surface area contributed by atoms with Crippen LogP contribution in [0.3, 0.4) is 0 Å². The topological polar surface area (TPSA) is 102 Å². The molecular weight excluding hydrogens is 322 g/mol. The smallest absolute Gasteiger partial charge is 0.231 e. The summed E-state index contributed by atoms with van der Waals surface area (Å²) in [4.78, 5) is 12.2. The van der Waals surface area contributed by atoms with Crippen molar-refractivity contribution in [3.63, 3.8) is 0 Å². The van der Waals surface area contributed by atoms with Crippen LogP contribution < -0.4 is 10.1 Å². The van der Waals surface area contributed by atoms with Crippen molar-refractivity contribution in [1.29, 1.82) is 0 Å². The van der Waals surface area contributed by atoms with Gasteiger partial charge in [0, 0.05) is 18.9 Å². The van der Waals surface area contributed by atoms with Gasteiger partial charge in [0.15, 0.2) is 11.5 Å². The average Bonchev–Trinajstić information content (AvgIpc) is 3.07. The molecule has 0 unspecified atom stereocenters. The second kappa shape index (κ2) is 7.71. The van der Waals surface area contributed by atoms with Gasteiger partial charge < -0.3 is 15.2 Å². The quantitative estimate of drug-likeness (QED) is 0.662. The number of carbonyl (C=O) groups is 1. The molecule has 0 radical (unpaired) electrons. The molecule has 8 heteroatoms. The molecule has 0 bridgehead atoms. The second-order valence-electron chi connectivity index (χ2n) is 5.48. The number of carbonyl (C=O) groups excluding carboxylic acids is 1. The van der Waals surface area contributed by atoms with Crippen LogP contribution in [0.25, 0.3) is 5.65 Å². The Hall–Kier alpha value is -3.00. The maximum absolute atomic E-state index is 12.2. The lowest BCUT2D eigenvalue weighted by Crippen LogP contribution is -2.31. The number of hydrogen-bond acceptors (Lipinski definition) is 6. The minimum Gasteiger partial charge on any atom is -0.480 e. The zero-order valence-electron chi connectivity index (χ0n) is 13.8. The van der Waals surface area contributed by atoms with E-state index in [-0.39, 0.29) is 18.9 Å². The summed E-state index contributed by atoms with van der Waals surface area (Å²) in [5.74, 6) is 0.842. The summed E-state index contributed by atoms with van der Waals surface area (Å²) in [7, 11) is 1.53. The minimum atomic E-state index is -0.429. The fourth-order valence-corrected chi connectivity index (χ4v) is 2.49. The maximum Gasteiger partial charge on any atom is 0.231 e. The molecule has 1 atom stereocenters. The van der Waals surface area contributed by atoms with Gasteiger partial charge in [0.25, 0.3) is 0 Å². The largest absolute Gasteiger partial charge is 0.480 e. The number of ether oxygens (including phenoxy) is 1. The van der Waals surface area contributed by atoms with Crippen molar-refractivity contribution in [2.45, 2.75) is 18.9 Å². The van der Waals surface area contributed by atoms with Gasteiger partial charge >= 0.3 is 0 Å². The number of methoxy groups -OCH3 is 1. The zero-order chi connectivity index (χ0) is 17.6. The first-order valence-electron chi connectivity index (χ1n) is 7.91. The molecular formula is C17H19N5O3. The molecule has 0 aliphatic rings. The fraction of sp³-hybridized carbons (Fsp3) is 0.294. The molecule has 0 saturated heterocycles. The highest BCUT2D eigenvalue weighted by atomic mass is 16.5. The number of rotatable bonds is 7. The molecule has 2 N–H and O–H groups in total. The monoisotopic (exact) mass is 341 g/mol. The Kier molecular flexibility index (Phi) is 5.20. The van der Waals surface area contributed by atoms with E-state index in [1.54, 1.807) is 16.6 Å². The number of fused-ring (bicyclic) bond motifs is 1. The van der Waals surface area contributed by atoms with Crippen LogP contribution in [-0.2, 0) is 11.2 Å². The molecule has 25 heavy (non-hydrogen) atoms. The molecule has 0 spiro atoms. The Morgan fingerprint density at radius 1 is 1.24 bits per heavy atom. The van der Waals surface area contributed by atoms with Gasteiger partial charge in [0.05, 0.1) is 19.8 Å². The van der Waals surface area contributed by atoms with Gasteiger partial charge in [0.1, 0.15) is 0 Å². The van der Waals surface area contributed by atoms with Crippen molar-refractivity contribution in [3.05, 3.63) is 53.9 Å². The normalized spacial score (nSPS) is 12.1. The maximum atomic E-state index is 12.2. The Morgan fingerprint density at radius 3 is 2.76 bits per heavy atom. The van der Waals surface area contributed by atoms with Gasteiger partial charge in [-0.15, -0.1) is 15.3 Å². The Morgan fingerprint density at radius 2 is 2.04 bits per heavy atom. The number of nitrogens with zero attached hydrogens (tertiary/aromatic N) is 4. The number of hydrogen-bond donors (Lipinski definition) is 2. The van der Waals surface area contributed by atoms with Crippen LogP contribution in [0.4, 0.5) is 0 Å². The highest BCUT2D eigenvalue weighted by Crippen LogP contribution is 2.13. The average molecular weight is 341 g/mol. The third kappa shape index (κ3) is 3.92. The summed E-state index contributed by atoms with van der Waals surface area (Å²) in [6.45, 7) is -0.164. The number of nitrogens with one attached hydrogen (secondary N) is 1. The highest BCUT2D eigenvalue weighted by Gasteiger charge is 2.15. The van der Waals surface area contributed by atoms with Gasteiger partial charge in [0.2, 0.25) is 11.8 Å². The SMILES string of the molecule is COc1ccc2nnc(CCC(=O)N[C@H](CO)c3ccccc3)n2n1. The standard InChI is InChI=1S/C17H19N5O3/c1-25-17-10-8-15-20-19-14(22(15)21-17)7-9-16(24)18-13(11-23)12-5-3-2-4-6-12/h2-6,8,10,13,23H,7,9,11H2,1H3,(H,18,24)/t13-/m1/s1. The molecule has 1 aromatic carbocycles. The van der Waals surface area contributed by atoms with Crippen LogP contribution in [0.5, 0.6) is 5.88 Å². The van der Waals surface area contributed by atoms with Gasteiger partial charge in [-0.3, -0.25) is 4.79 Å². The van der Waals surface area contributed by atoms with Crippen molar-refractivity contribution in [1.82, 2.24) is 25.1 Å². The van der Waals surface area contributed by atoms with E-state index in [2.05, 4.69) is 20.6 Å². The lowest BCUT2D eigenvalue weighted by atomic mass is 10.1. The summed E-state index contributed by atoms with van der Waals surface area (Å²) >= 11 is 0. The van der Waals surface area contributed by atoms with Crippen LogP contribution in [0, 0.1) is 0 Å². The van der Waals surface area contributed by atoms with E-state index >= 15 is 0 Å². The summed E-state index contributed by atoms with van der Waals surface area (Å²) < 4.78 is 6.66. The van der Waals surface area contributed by atoms with Gasteiger partial charge in [-0.1, -0.05) is 30.3 Å². The Labute approximate surface area is 144 Å². The predicted molar refractivity (Wildman–Crippen MR) is 90.1 cm³/mol. The number of aryl methyl sites for hydroxylation is 1. The summed E-state index contributed by atoms with van der Waals surface area (Å²) in [6, 6.07) is 12.4. The van der Waals surface area contributed by atoms with Crippen molar-refractivity contribution in [2.75, 3.05) is 13.7 Å². The van der Waals surface area contributed by atoms with E-state index in [0.717, 1.165) is 5.56 Å². The number of aromatic nitrogens is 4. The fourth-order valence-electron chi connectivity index (χ4n) is 2.49. The molecule has 1 amide bonds. The van der Waals surface area contributed by atoms with Crippen molar-refractivity contribution in [3.8, 4) is 5.88 Å². The van der Waals surface area contributed by atoms with E-state index in [9.17, 15) is 9.90 Å².